The molecule has 6 heteroatoms. The summed E-state index contributed by atoms with van der Waals surface area (Å²) in [7, 11) is 0. The first-order valence-corrected chi connectivity index (χ1v) is 12.5. The number of hydrogen-bond acceptors (Lipinski definition) is 6. The summed E-state index contributed by atoms with van der Waals surface area (Å²) in [6, 6.07) is 0. The van der Waals surface area contributed by atoms with Gasteiger partial charge in [0.1, 0.15) is 12.2 Å². The van der Waals surface area contributed by atoms with Gasteiger partial charge in [0, 0.05) is 25.2 Å². The fourth-order valence-electron chi connectivity index (χ4n) is 8.94. The second kappa shape index (κ2) is 8.02. The zero-order valence-electron chi connectivity index (χ0n) is 20.6. The van der Waals surface area contributed by atoms with Gasteiger partial charge in [-0.15, -0.1) is 0 Å². The maximum Gasteiger partial charge on any atom is 0.302 e. The number of fused-ring (bicyclic) bond motifs is 5. The number of nitrogens with zero attached hydrogens (tertiary/aromatic N) is 1. The molecule has 4 rings (SSSR count). The molecular formula is C26H41NO5. The Balaban J connectivity index is 1.64. The highest BCUT2D eigenvalue weighted by Crippen LogP contribution is 2.70. The smallest absolute Gasteiger partial charge is 0.302 e. The van der Waals surface area contributed by atoms with Crippen LogP contribution in [0.25, 0.3) is 0 Å². The Morgan fingerprint density at radius 2 is 1.75 bits per heavy atom. The molecule has 0 radical (unpaired) electrons. The second-order valence-corrected chi connectivity index (χ2v) is 11.9. The van der Waals surface area contributed by atoms with E-state index < -0.39 is 0 Å². The second-order valence-electron chi connectivity index (χ2n) is 11.9. The Morgan fingerprint density at radius 3 is 2.38 bits per heavy atom. The van der Waals surface area contributed by atoms with Gasteiger partial charge in [-0.2, -0.15) is 0 Å². The molecule has 0 heterocycles. The molecule has 32 heavy (non-hydrogen) atoms. The van der Waals surface area contributed by atoms with Crippen molar-refractivity contribution in [3.63, 3.8) is 0 Å². The van der Waals surface area contributed by atoms with Crippen molar-refractivity contribution in [3.8, 4) is 0 Å². The Hall–Kier alpha value is -1.59. The third kappa shape index (κ3) is 3.38. The standard InChI is InChI=1S/C26H41NO5/c1-15(31-16(2)28)20-7-8-21-19-10-11-24(4)14-18(32-17(3)29)9-12-25(24,5)22(19)13-23(27-30)26(20,21)6/h15,18-22,30H,7-14H2,1-6H3/b27-23+. The van der Waals surface area contributed by atoms with E-state index in [4.69, 9.17) is 9.47 Å². The quantitative estimate of drug-likeness (QED) is 0.358. The van der Waals surface area contributed by atoms with Crippen molar-refractivity contribution in [2.24, 2.45) is 45.1 Å². The van der Waals surface area contributed by atoms with E-state index >= 15 is 0 Å². The van der Waals surface area contributed by atoms with Crippen molar-refractivity contribution in [2.45, 2.75) is 105 Å². The van der Waals surface area contributed by atoms with Gasteiger partial charge in [0.05, 0.1) is 5.71 Å². The maximum atomic E-state index is 11.6. The molecule has 0 aromatic heterocycles. The number of esters is 2. The normalized spacial score (nSPS) is 47.7. The average molecular weight is 448 g/mol. The molecule has 0 saturated heterocycles. The number of carbonyl (C=O) groups is 2. The van der Waals surface area contributed by atoms with Gasteiger partial charge in [-0.25, -0.2) is 0 Å². The van der Waals surface area contributed by atoms with Gasteiger partial charge in [0.25, 0.3) is 0 Å². The van der Waals surface area contributed by atoms with Crippen LogP contribution in [0.4, 0.5) is 0 Å². The highest BCUT2D eigenvalue weighted by molar-refractivity contribution is 5.91. The van der Waals surface area contributed by atoms with Crippen LogP contribution >= 0.6 is 0 Å². The molecule has 0 aromatic carbocycles. The molecule has 9 atom stereocenters. The fourth-order valence-corrected chi connectivity index (χ4v) is 8.94. The molecule has 9 unspecified atom stereocenters. The van der Waals surface area contributed by atoms with Gasteiger partial charge in [0.15, 0.2) is 0 Å². The van der Waals surface area contributed by atoms with Crippen molar-refractivity contribution in [3.05, 3.63) is 0 Å². The van der Waals surface area contributed by atoms with E-state index in [1.807, 2.05) is 6.92 Å². The van der Waals surface area contributed by atoms with E-state index in [0.717, 1.165) is 57.1 Å². The Morgan fingerprint density at radius 1 is 1.03 bits per heavy atom. The summed E-state index contributed by atoms with van der Waals surface area (Å²) in [5.41, 5.74) is 0.912. The van der Waals surface area contributed by atoms with Crippen LogP contribution in [0.5, 0.6) is 0 Å². The largest absolute Gasteiger partial charge is 0.463 e. The zero-order valence-corrected chi connectivity index (χ0v) is 20.6. The van der Waals surface area contributed by atoms with Gasteiger partial charge in [-0.1, -0.05) is 25.9 Å². The molecule has 1 N–H and O–H groups in total. The minimum atomic E-state index is -0.244. The lowest BCUT2D eigenvalue weighted by Crippen LogP contribution is -2.61. The van der Waals surface area contributed by atoms with Crippen LogP contribution in [0, 0.1) is 39.9 Å². The predicted octanol–water partition coefficient (Wildman–Crippen LogP) is 5.36. The van der Waals surface area contributed by atoms with Crippen molar-refractivity contribution in [2.75, 3.05) is 0 Å². The summed E-state index contributed by atoms with van der Waals surface area (Å²) in [5.74, 6) is 1.26. The van der Waals surface area contributed by atoms with Crippen LogP contribution in [-0.4, -0.2) is 35.1 Å². The summed E-state index contributed by atoms with van der Waals surface area (Å²) in [4.78, 5) is 23.2. The molecule has 4 fully saturated rings. The molecular weight excluding hydrogens is 406 g/mol. The minimum Gasteiger partial charge on any atom is -0.463 e. The van der Waals surface area contributed by atoms with Crippen molar-refractivity contribution in [1.82, 2.24) is 0 Å². The number of rotatable bonds is 3. The molecule has 6 nitrogen and oxygen atoms in total. The first kappa shape index (κ1) is 23.6. The Bertz CT molecular complexity index is 810. The van der Waals surface area contributed by atoms with Crippen molar-refractivity contribution in [1.29, 1.82) is 0 Å². The van der Waals surface area contributed by atoms with E-state index in [1.54, 1.807) is 0 Å². The summed E-state index contributed by atoms with van der Waals surface area (Å²) >= 11 is 0. The van der Waals surface area contributed by atoms with Gasteiger partial charge < -0.3 is 14.7 Å². The SMILES string of the molecule is CC(=O)OC1CCC2(C)C3C/C(=N\O)C4(C)C(C(C)OC(C)=O)CCC4C3CCC2(C)C1. The third-order valence-electron chi connectivity index (χ3n) is 10.7. The Kier molecular flexibility index (Phi) is 5.90. The monoisotopic (exact) mass is 447 g/mol. The highest BCUT2D eigenvalue weighted by atomic mass is 16.5. The first-order valence-electron chi connectivity index (χ1n) is 12.5. The summed E-state index contributed by atoms with van der Waals surface area (Å²) < 4.78 is 11.3. The highest BCUT2D eigenvalue weighted by Gasteiger charge is 2.66. The molecule has 0 aromatic rings. The molecule has 0 aliphatic heterocycles. The van der Waals surface area contributed by atoms with Gasteiger partial charge in [-0.05, 0) is 86.9 Å². The lowest BCUT2D eigenvalue weighted by molar-refractivity contribution is -0.174. The average Bonchev–Trinajstić information content (AvgIpc) is 3.05. The molecule has 0 spiro atoms. The number of hydrogen-bond donors (Lipinski definition) is 1. The number of carbonyl (C=O) groups excluding carboxylic acids is 2. The van der Waals surface area contributed by atoms with Crippen LogP contribution < -0.4 is 0 Å². The van der Waals surface area contributed by atoms with Gasteiger partial charge in [-0.3, -0.25) is 9.59 Å². The van der Waals surface area contributed by atoms with Crippen molar-refractivity contribution >= 4 is 17.7 Å². The van der Waals surface area contributed by atoms with Crippen LogP contribution in [-0.2, 0) is 19.1 Å². The summed E-state index contributed by atoms with van der Waals surface area (Å²) in [6.07, 6.45) is 7.92. The lowest BCUT2D eigenvalue weighted by Gasteiger charge is -2.65. The maximum absolute atomic E-state index is 11.6. The summed E-state index contributed by atoms with van der Waals surface area (Å²) in [6.45, 7) is 12.1. The molecule has 4 saturated carbocycles. The van der Waals surface area contributed by atoms with Gasteiger partial charge >= 0.3 is 11.9 Å². The van der Waals surface area contributed by atoms with E-state index in [1.165, 1.54) is 13.8 Å². The topological polar surface area (TPSA) is 85.2 Å². The zero-order chi connectivity index (χ0) is 23.5. The number of oxime groups is 1. The van der Waals surface area contributed by atoms with Crippen molar-refractivity contribution < 1.29 is 24.3 Å². The first-order chi connectivity index (χ1) is 15.0. The predicted molar refractivity (Wildman–Crippen MR) is 121 cm³/mol. The van der Waals surface area contributed by atoms with Crippen LogP contribution in [0.2, 0.25) is 0 Å². The fraction of sp³-hybridized carbons (Fsp3) is 0.885. The van der Waals surface area contributed by atoms with E-state index in [-0.39, 0.29) is 46.3 Å². The molecule has 180 valence electrons. The van der Waals surface area contributed by atoms with Crippen LogP contribution in [0.1, 0.15) is 92.9 Å². The van der Waals surface area contributed by atoms with E-state index in [0.29, 0.717) is 17.8 Å². The van der Waals surface area contributed by atoms with Gasteiger partial charge in [0.2, 0.25) is 0 Å². The number of ether oxygens (including phenoxy) is 2. The minimum absolute atomic E-state index is 0.0161. The third-order valence-corrected chi connectivity index (χ3v) is 10.7. The Labute approximate surface area is 192 Å². The molecule has 4 aliphatic rings. The molecule has 0 bridgehead atoms. The van der Waals surface area contributed by atoms with E-state index in [9.17, 15) is 14.8 Å². The van der Waals surface area contributed by atoms with Crippen LogP contribution in [0.15, 0.2) is 5.16 Å². The lowest BCUT2D eigenvalue weighted by atomic mass is 9.40. The molecule has 0 amide bonds. The molecule has 4 aliphatic carbocycles. The van der Waals surface area contributed by atoms with Crippen LogP contribution in [0.3, 0.4) is 0 Å². The summed E-state index contributed by atoms with van der Waals surface area (Å²) in [5, 5.41) is 14.1. The van der Waals surface area contributed by atoms with E-state index in [2.05, 4.69) is 25.9 Å².